The van der Waals surface area contributed by atoms with E-state index < -0.39 is 12.0 Å². The molecular formula is C5H9NO5. The minimum Gasteiger partial charge on any atom is -0.481 e. The Balaban J connectivity index is 3.57. The molecule has 0 unspecified atom stereocenters. The molecule has 0 radical (unpaired) electrons. The van der Waals surface area contributed by atoms with Gasteiger partial charge in [-0.3, -0.25) is 15.4 Å². The van der Waals surface area contributed by atoms with Crippen LogP contribution in [0.25, 0.3) is 0 Å². The summed E-state index contributed by atoms with van der Waals surface area (Å²) in [6.07, 6.45) is 0.111. The number of hydrogen-bond donors (Lipinski definition) is 3. The molecule has 0 aromatic rings. The number of carboxylic acid groups (broad SMARTS) is 1. The van der Waals surface area contributed by atoms with Gasteiger partial charge in [0.1, 0.15) is 13.0 Å². The zero-order valence-corrected chi connectivity index (χ0v) is 5.69. The maximum Gasteiger partial charge on any atom is 0.305 e. The molecule has 0 saturated carbocycles. The predicted octanol–water partition coefficient (Wildman–Crippen LogP) is -0.935. The molecule has 11 heavy (non-hydrogen) atoms. The summed E-state index contributed by atoms with van der Waals surface area (Å²) in [6, 6.07) is -0.820. The monoisotopic (exact) mass is 163 g/mol. The molecule has 0 amide bonds. The first-order chi connectivity index (χ1) is 5.20. The lowest BCUT2D eigenvalue weighted by Gasteiger charge is -2.06. The summed E-state index contributed by atoms with van der Waals surface area (Å²) in [7, 11) is 0. The molecule has 0 fully saturated rings. The summed E-state index contributed by atoms with van der Waals surface area (Å²) in [5.41, 5.74) is 0. The van der Waals surface area contributed by atoms with Gasteiger partial charge in [0, 0.05) is 0 Å². The number of hydrogen-bond acceptors (Lipinski definition) is 5. The highest BCUT2D eigenvalue weighted by Gasteiger charge is 2.10. The molecule has 6 heteroatoms. The van der Waals surface area contributed by atoms with E-state index in [0.29, 0.717) is 6.29 Å². The maximum absolute atomic E-state index is 10.1. The van der Waals surface area contributed by atoms with Crippen LogP contribution in [0, 0.1) is 0 Å². The largest absolute Gasteiger partial charge is 0.481 e. The zero-order chi connectivity index (χ0) is 8.69. The zero-order valence-electron chi connectivity index (χ0n) is 5.69. The Morgan fingerprint density at radius 2 is 2.36 bits per heavy atom. The third kappa shape index (κ3) is 5.46. The fraction of sp³-hybridized carbons (Fsp3) is 0.600. The van der Waals surface area contributed by atoms with Gasteiger partial charge in [-0.2, -0.15) is 0 Å². The third-order valence-corrected chi connectivity index (χ3v) is 0.969. The average molecular weight is 163 g/mol. The van der Waals surface area contributed by atoms with E-state index in [1.54, 1.807) is 0 Å². The van der Waals surface area contributed by atoms with Crippen molar-refractivity contribution in [3.05, 3.63) is 0 Å². The predicted molar refractivity (Wildman–Crippen MR) is 33.8 cm³/mol. The van der Waals surface area contributed by atoms with E-state index in [1.165, 1.54) is 0 Å². The van der Waals surface area contributed by atoms with E-state index in [4.69, 9.17) is 10.4 Å². The molecule has 0 saturated heterocycles. The van der Waals surface area contributed by atoms with Gasteiger partial charge in [-0.05, 0) is 0 Å². The summed E-state index contributed by atoms with van der Waals surface area (Å²) >= 11 is 0. The Kier molecular flexibility index (Phi) is 5.26. The molecule has 1 atom stereocenters. The lowest BCUT2D eigenvalue weighted by Crippen LogP contribution is -2.34. The van der Waals surface area contributed by atoms with Crippen LogP contribution in [0.3, 0.4) is 0 Å². The maximum atomic E-state index is 10.1. The van der Waals surface area contributed by atoms with Crippen molar-refractivity contribution in [1.82, 2.24) is 5.32 Å². The van der Waals surface area contributed by atoms with Crippen LogP contribution in [-0.4, -0.2) is 35.4 Å². The van der Waals surface area contributed by atoms with Gasteiger partial charge in [0.15, 0.2) is 0 Å². The Labute approximate surface area is 62.7 Å². The molecule has 0 aromatic carbocycles. The number of carbonyl (C=O) groups is 2. The van der Waals surface area contributed by atoms with Crippen LogP contribution in [0.1, 0.15) is 6.42 Å². The molecule has 0 aromatic heterocycles. The number of rotatable bonds is 6. The molecule has 3 N–H and O–H groups in total. The Morgan fingerprint density at radius 1 is 1.73 bits per heavy atom. The van der Waals surface area contributed by atoms with Crippen LogP contribution in [0.4, 0.5) is 0 Å². The Bertz CT molecular complexity index is 137. The standard InChI is InChI=1S/C5H9NO5/c7-2-4(1-5(8)9)6-3-11-10/h2,4,6,10H,1,3H2,(H,8,9)/t4-/m0/s1. The minimum absolute atomic E-state index is 0.267. The molecule has 6 nitrogen and oxygen atoms in total. The SMILES string of the molecule is O=C[C@H](CC(=O)O)NCOO. The van der Waals surface area contributed by atoms with Crippen LogP contribution < -0.4 is 5.32 Å². The molecule has 64 valence electrons. The van der Waals surface area contributed by atoms with Crippen LogP contribution in [-0.2, 0) is 14.5 Å². The summed E-state index contributed by atoms with van der Waals surface area (Å²) in [4.78, 5) is 23.7. The van der Waals surface area contributed by atoms with Crippen molar-refractivity contribution in [3.8, 4) is 0 Å². The number of carboxylic acids is 1. The van der Waals surface area contributed by atoms with Gasteiger partial charge in [-0.15, -0.1) is 0 Å². The van der Waals surface area contributed by atoms with Crippen LogP contribution in [0.2, 0.25) is 0 Å². The normalized spacial score (nSPS) is 12.5. The number of aliphatic carboxylic acids is 1. The first kappa shape index (κ1) is 10.0. The third-order valence-electron chi connectivity index (χ3n) is 0.969. The van der Waals surface area contributed by atoms with Gasteiger partial charge in [-0.1, -0.05) is 0 Å². The second-order valence-electron chi connectivity index (χ2n) is 1.82. The van der Waals surface area contributed by atoms with Crippen molar-refractivity contribution < 1.29 is 24.8 Å². The van der Waals surface area contributed by atoms with Gasteiger partial charge < -0.3 is 9.90 Å². The van der Waals surface area contributed by atoms with E-state index in [-0.39, 0.29) is 13.2 Å². The Hall–Kier alpha value is -0.980. The van der Waals surface area contributed by atoms with E-state index in [0.717, 1.165) is 0 Å². The van der Waals surface area contributed by atoms with Crippen molar-refractivity contribution in [3.63, 3.8) is 0 Å². The fourth-order valence-corrected chi connectivity index (χ4v) is 0.501. The number of carbonyl (C=O) groups excluding carboxylic acids is 1. The quantitative estimate of drug-likeness (QED) is 0.202. The molecule has 0 aliphatic heterocycles. The van der Waals surface area contributed by atoms with E-state index >= 15 is 0 Å². The van der Waals surface area contributed by atoms with Gasteiger partial charge in [0.2, 0.25) is 0 Å². The van der Waals surface area contributed by atoms with Crippen molar-refractivity contribution >= 4 is 12.3 Å². The second-order valence-corrected chi connectivity index (χ2v) is 1.82. The minimum atomic E-state index is -1.09. The Morgan fingerprint density at radius 3 is 2.73 bits per heavy atom. The summed E-state index contributed by atoms with van der Waals surface area (Å²) < 4.78 is 0. The van der Waals surface area contributed by atoms with Gasteiger partial charge in [-0.25, -0.2) is 4.89 Å². The topological polar surface area (TPSA) is 95.9 Å². The summed E-state index contributed by atoms with van der Waals surface area (Å²) in [6.45, 7) is -0.267. The molecule has 0 spiro atoms. The average Bonchev–Trinajstić information content (AvgIpc) is 1.97. The van der Waals surface area contributed by atoms with Crippen molar-refractivity contribution in [2.24, 2.45) is 0 Å². The van der Waals surface area contributed by atoms with Crippen LogP contribution in [0.5, 0.6) is 0 Å². The molecule has 0 heterocycles. The molecule has 0 rings (SSSR count). The first-order valence-corrected chi connectivity index (χ1v) is 2.87. The molecule has 0 aliphatic rings. The molecule has 0 bridgehead atoms. The van der Waals surface area contributed by atoms with Gasteiger partial charge >= 0.3 is 5.97 Å². The smallest absolute Gasteiger partial charge is 0.305 e. The number of aldehydes is 1. The van der Waals surface area contributed by atoms with Crippen molar-refractivity contribution in [2.45, 2.75) is 12.5 Å². The van der Waals surface area contributed by atoms with E-state index in [1.807, 2.05) is 0 Å². The van der Waals surface area contributed by atoms with Gasteiger partial charge in [0.05, 0.1) is 12.5 Å². The van der Waals surface area contributed by atoms with E-state index in [9.17, 15) is 9.59 Å². The highest BCUT2D eigenvalue weighted by atomic mass is 17.1. The summed E-state index contributed by atoms with van der Waals surface area (Å²) in [5, 5.41) is 18.4. The lowest BCUT2D eigenvalue weighted by atomic mass is 10.2. The first-order valence-electron chi connectivity index (χ1n) is 2.87. The van der Waals surface area contributed by atoms with Crippen molar-refractivity contribution in [1.29, 1.82) is 0 Å². The second kappa shape index (κ2) is 5.78. The molecular weight excluding hydrogens is 154 g/mol. The molecule has 0 aliphatic carbocycles. The highest BCUT2D eigenvalue weighted by Crippen LogP contribution is 1.86. The highest BCUT2D eigenvalue weighted by molar-refractivity contribution is 5.73. The van der Waals surface area contributed by atoms with Gasteiger partial charge in [0.25, 0.3) is 0 Å². The lowest BCUT2D eigenvalue weighted by molar-refractivity contribution is -0.248. The fourth-order valence-electron chi connectivity index (χ4n) is 0.501. The van der Waals surface area contributed by atoms with E-state index in [2.05, 4.69) is 10.2 Å². The van der Waals surface area contributed by atoms with Crippen LogP contribution in [0.15, 0.2) is 0 Å². The summed E-state index contributed by atoms with van der Waals surface area (Å²) in [5.74, 6) is -1.09. The van der Waals surface area contributed by atoms with Crippen molar-refractivity contribution in [2.75, 3.05) is 6.73 Å². The van der Waals surface area contributed by atoms with Crippen LogP contribution >= 0.6 is 0 Å². The number of nitrogens with one attached hydrogen (secondary N) is 1.